The minimum Gasteiger partial charge on any atom is -0.492 e. The van der Waals surface area contributed by atoms with Crippen LogP contribution in [0.1, 0.15) is 15.9 Å². The Morgan fingerprint density at radius 2 is 1.72 bits per heavy atom. The van der Waals surface area contributed by atoms with E-state index in [9.17, 15) is 4.79 Å². The standard InChI is InChI=1S/C22H25N5O2/c28-22(20-8-6-19(7-9-20)16-27-18-23-17-24-27)26-12-10-25(11-13-26)14-15-29-21-4-2-1-3-5-21/h1-9,17-18H,10-16H2. The van der Waals surface area contributed by atoms with E-state index in [0.29, 0.717) is 13.2 Å². The fourth-order valence-electron chi connectivity index (χ4n) is 3.42. The molecule has 7 nitrogen and oxygen atoms in total. The zero-order valence-corrected chi connectivity index (χ0v) is 16.4. The number of ether oxygens (including phenoxy) is 1. The molecule has 0 N–H and O–H groups in total. The van der Waals surface area contributed by atoms with Crippen LogP contribution in [0.3, 0.4) is 0 Å². The molecule has 0 atom stereocenters. The molecule has 1 aromatic heterocycles. The van der Waals surface area contributed by atoms with Gasteiger partial charge in [0.1, 0.15) is 25.0 Å². The third-order valence-corrected chi connectivity index (χ3v) is 5.09. The third-order valence-electron chi connectivity index (χ3n) is 5.09. The summed E-state index contributed by atoms with van der Waals surface area (Å²) in [6, 6.07) is 17.6. The normalized spacial score (nSPS) is 14.7. The van der Waals surface area contributed by atoms with Gasteiger partial charge in [-0.3, -0.25) is 9.69 Å². The fourth-order valence-corrected chi connectivity index (χ4v) is 3.42. The van der Waals surface area contributed by atoms with Crippen LogP contribution >= 0.6 is 0 Å². The highest BCUT2D eigenvalue weighted by Gasteiger charge is 2.22. The zero-order valence-electron chi connectivity index (χ0n) is 16.4. The van der Waals surface area contributed by atoms with Crippen molar-refractivity contribution in [1.29, 1.82) is 0 Å². The van der Waals surface area contributed by atoms with Gasteiger partial charge < -0.3 is 9.64 Å². The third kappa shape index (κ3) is 5.20. The van der Waals surface area contributed by atoms with Crippen molar-refractivity contribution < 1.29 is 9.53 Å². The number of amides is 1. The highest BCUT2D eigenvalue weighted by atomic mass is 16.5. The van der Waals surface area contributed by atoms with Crippen LogP contribution in [0.25, 0.3) is 0 Å². The van der Waals surface area contributed by atoms with Crippen LogP contribution in [0.4, 0.5) is 0 Å². The first kappa shape index (κ1) is 19.1. The van der Waals surface area contributed by atoms with Gasteiger partial charge in [0.05, 0.1) is 6.54 Å². The molecule has 2 heterocycles. The lowest BCUT2D eigenvalue weighted by Crippen LogP contribution is -2.49. The van der Waals surface area contributed by atoms with Gasteiger partial charge in [0, 0.05) is 38.3 Å². The summed E-state index contributed by atoms with van der Waals surface area (Å²) in [5.41, 5.74) is 1.82. The summed E-state index contributed by atoms with van der Waals surface area (Å²) in [6.07, 6.45) is 3.20. The molecule has 0 unspecified atom stereocenters. The molecular weight excluding hydrogens is 366 g/mol. The second-order valence-corrected chi connectivity index (χ2v) is 7.09. The van der Waals surface area contributed by atoms with Crippen LogP contribution in [-0.4, -0.2) is 69.8 Å². The SMILES string of the molecule is O=C(c1ccc(Cn2cncn2)cc1)N1CCN(CCOc2ccccc2)CC1. The summed E-state index contributed by atoms with van der Waals surface area (Å²) in [5, 5.41) is 4.10. The van der Waals surface area contributed by atoms with E-state index in [1.165, 1.54) is 6.33 Å². The van der Waals surface area contributed by atoms with Crippen molar-refractivity contribution in [3.05, 3.63) is 78.4 Å². The molecule has 3 aromatic rings. The Kier molecular flexibility index (Phi) is 6.16. The highest BCUT2D eigenvalue weighted by molar-refractivity contribution is 5.94. The van der Waals surface area contributed by atoms with Crippen LogP contribution in [0, 0.1) is 0 Å². The van der Waals surface area contributed by atoms with Crippen molar-refractivity contribution in [3.63, 3.8) is 0 Å². The van der Waals surface area contributed by atoms with Gasteiger partial charge in [-0.15, -0.1) is 0 Å². The topological polar surface area (TPSA) is 63.5 Å². The molecule has 1 amide bonds. The van der Waals surface area contributed by atoms with Crippen LogP contribution in [0.2, 0.25) is 0 Å². The summed E-state index contributed by atoms with van der Waals surface area (Å²) in [4.78, 5) is 21.0. The summed E-state index contributed by atoms with van der Waals surface area (Å²) in [5.74, 6) is 0.992. The van der Waals surface area contributed by atoms with Gasteiger partial charge >= 0.3 is 0 Å². The van der Waals surface area contributed by atoms with E-state index in [2.05, 4.69) is 15.0 Å². The smallest absolute Gasteiger partial charge is 0.253 e. The van der Waals surface area contributed by atoms with E-state index >= 15 is 0 Å². The molecule has 1 aliphatic heterocycles. The van der Waals surface area contributed by atoms with Crippen molar-refractivity contribution in [2.24, 2.45) is 0 Å². The van der Waals surface area contributed by atoms with Gasteiger partial charge in [-0.05, 0) is 29.8 Å². The molecule has 0 spiro atoms. The lowest BCUT2D eigenvalue weighted by molar-refractivity contribution is 0.0620. The van der Waals surface area contributed by atoms with Crippen molar-refractivity contribution in [2.45, 2.75) is 6.54 Å². The Hall–Kier alpha value is -3.19. The summed E-state index contributed by atoms with van der Waals surface area (Å²) in [7, 11) is 0. The molecule has 0 bridgehead atoms. The maximum absolute atomic E-state index is 12.8. The fraction of sp³-hybridized carbons (Fsp3) is 0.318. The average molecular weight is 391 g/mol. The number of carbonyl (C=O) groups excluding carboxylic acids is 1. The number of hydrogen-bond acceptors (Lipinski definition) is 5. The Labute approximate surface area is 170 Å². The number of nitrogens with zero attached hydrogens (tertiary/aromatic N) is 5. The number of para-hydroxylation sites is 1. The van der Waals surface area contributed by atoms with Gasteiger partial charge in [-0.1, -0.05) is 30.3 Å². The second kappa shape index (κ2) is 9.34. The Morgan fingerprint density at radius 1 is 0.966 bits per heavy atom. The number of carbonyl (C=O) groups is 1. The first-order valence-corrected chi connectivity index (χ1v) is 9.89. The zero-order chi connectivity index (χ0) is 19.9. The van der Waals surface area contributed by atoms with E-state index < -0.39 is 0 Å². The van der Waals surface area contributed by atoms with Gasteiger partial charge in [0.15, 0.2) is 0 Å². The van der Waals surface area contributed by atoms with E-state index in [0.717, 1.165) is 49.6 Å². The molecule has 1 aliphatic rings. The predicted molar refractivity (Wildman–Crippen MR) is 110 cm³/mol. The number of benzene rings is 2. The molecular formula is C22H25N5O2. The summed E-state index contributed by atoms with van der Waals surface area (Å²) >= 11 is 0. The van der Waals surface area contributed by atoms with E-state index in [1.54, 1.807) is 11.0 Å². The maximum Gasteiger partial charge on any atom is 0.253 e. The first-order chi connectivity index (χ1) is 14.3. The quantitative estimate of drug-likeness (QED) is 0.618. The number of piperazine rings is 1. The van der Waals surface area contributed by atoms with E-state index in [1.807, 2.05) is 59.5 Å². The van der Waals surface area contributed by atoms with Crippen molar-refractivity contribution in [2.75, 3.05) is 39.3 Å². The van der Waals surface area contributed by atoms with Crippen LogP contribution < -0.4 is 4.74 Å². The first-order valence-electron chi connectivity index (χ1n) is 9.89. The Bertz CT molecular complexity index is 889. The molecule has 2 aromatic carbocycles. The van der Waals surface area contributed by atoms with Crippen LogP contribution in [0.15, 0.2) is 67.3 Å². The van der Waals surface area contributed by atoms with Gasteiger partial charge in [0.2, 0.25) is 0 Å². The minimum absolute atomic E-state index is 0.0949. The molecule has 4 rings (SSSR count). The van der Waals surface area contributed by atoms with Crippen molar-refractivity contribution >= 4 is 5.91 Å². The number of rotatable bonds is 7. The average Bonchev–Trinajstić information content (AvgIpc) is 3.28. The molecule has 1 fully saturated rings. The molecule has 0 saturated carbocycles. The van der Waals surface area contributed by atoms with Gasteiger partial charge in [0.25, 0.3) is 5.91 Å². The second-order valence-electron chi connectivity index (χ2n) is 7.09. The van der Waals surface area contributed by atoms with Gasteiger partial charge in [-0.25, -0.2) is 9.67 Å². The molecule has 0 aliphatic carbocycles. The van der Waals surface area contributed by atoms with Gasteiger partial charge in [-0.2, -0.15) is 5.10 Å². The number of hydrogen-bond donors (Lipinski definition) is 0. The Balaban J connectivity index is 1.22. The highest BCUT2D eigenvalue weighted by Crippen LogP contribution is 2.12. The molecule has 29 heavy (non-hydrogen) atoms. The molecule has 1 saturated heterocycles. The molecule has 0 radical (unpaired) electrons. The van der Waals surface area contributed by atoms with E-state index in [-0.39, 0.29) is 5.91 Å². The lowest BCUT2D eigenvalue weighted by Gasteiger charge is -2.34. The van der Waals surface area contributed by atoms with Crippen LogP contribution in [-0.2, 0) is 6.54 Å². The summed E-state index contributed by atoms with van der Waals surface area (Å²) < 4.78 is 7.53. The monoisotopic (exact) mass is 391 g/mol. The predicted octanol–water partition coefficient (Wildman–Crippen LogP) is 2.16. The van der Waals surface area contributed by atoms with E-state index in [4.69, 9.17) is 4.74 Å². The molecule has 7 heteroatoms. The lowest BCUT2D eigenvalue weighted by atomic mass is 10.1. The largest absolute Gasteiger partial charge is 0.492 e. The molecule has 150 valence electrons. The van der Waals surface area contributed by atoms with Crippen molar-refractivity contribution in [3.8, 4) is 5.75 Å². The minimum atomic E-state index is 0.0949. The maximum atomic E-state index is 12.8. The summed E-state index contributed by atoms with van der Waals surface area (Å²) in [6.45, 7) is 5.40. The van der Waals surface area contributed by atoms with Crippen molar-refractivity contribution in [1.82, 2.24) is 24.6 Å². The van der Waals surface area contributed by atoms with Crippen LogP contribution in [0.5, 0.6) is 5.75 Å². The Morgan fingerprint density at radius 3 is 2.41 bits per heavy atom. The number of aromatic nitrogens is 3.